The van der Waals surface area contributed by atoms with E-state index in [2.05, 4.69) is 6.92 Å². The second kappa shape index (κ2) is 5.60. The van der Waals surface area contributed by atoms with Gasteiger partial charge in [-0.1, -0.05) is 25.8 Å². The number of rotatable bonds is 4. The first-order valence-corrected chi connectivity index (χ1v) is 6.82. The van der Waals surface area contributed by atoms with Crippen LogP contribution in [0.3, 0.4) is 0 Å². The summed E-state index contributed by atoms with van der Waals surface area (Å²) in [5, 5.41) is 1.93. The number of ether oxygens (including phenoxy) is 1. The summed E-state index contributed by atoms with van der Waals surface area (Å²) in [4.78, 5) is 12.5. The zero-order valence-electron chi connectivity index (χ0n) is 9.65. The van der Waals surface area contributed by atoms with Gasteiger partial charge in [0, 0.05) is 0 Å². The van der Waals surface area contributed by atoms with E-state index in [-0.39, 0.29) is 12.4 Å². The molecule has 0 amide bonds. The van der Waals surface area contributed by atoms with Crippen LogP contribution in [0.4, 0.5) is 0 Å². The smallest absolute Gasteiger partial charge is 0.198 e. The van der Waals surface area contributed by atoms with Gasteiger partial charge in [-0.3, -0.25) is 4.79 Å². The molecule has 2 nitrogen and oxygen atoms in total. The Kier molecular flexibility index (Phi) is 4.13. The first-order valence-electron chi connectivity index (χ1n) is 5.94. The van der Waals surface area contributed by atoms with E-state index in [1.165, 1.54) is 24.2 Å². The number of hydrogen-bond donors (Lipinski definition) is 0. The maximum absolute atomic E-state index is 11.7. The molecule has 1 heterocycles. The van der Waals surface area contributed by atoms with Gasteiger partial charge < -0.3 is 4.74 Å². The lowest BCUT2D eigenvalue weighted by Crippen LogP contribution is -2.24. The van der Waals surface area contributed by atoms with Crippen LogP contribution < -0.4 is 0 Å². The molecule has 0 aromatic carbocycles. The molecule has 3 heteroatoms. The molecule has 1 aliphatic carbocycles. The van der Waals surface area contributed by atoms with Crippen molar-refractivity contribution in [3.05, 3.63) is 22.4 Å². The molecule has 1 aliphatic rings. The van der Waals surface area contributed by atoms with Gasteiger partial charge in [-0.05, 0) is 30.2 Å². The van der Waals surface area contributed by atoms with Crippen molar-refractivity contribution >= 4 is 17.1 Å². The van der Waals surface area contributed by atoms with Crippen molar-refractivity contribution in [3.8, 4) is 0 Å². The summed E-state index contributed by atoms with van der Waals surface area (Å²) in [7, 11) is 0. The van der Waals surface area contributed by atoms with E-state index in [1.54, 1.807) is 0 Å². The number of carbonyl (C=O) groups is 1. The van der Waals surface area contributed by atoms with Gasteiger partial charge in [-0.25, -0.2) is 0 Å². The molecule has 0 saturated heterocycles. The van der Waals surface area contributed by atoms with Crippen LogP contribution in [0.2, 0.25) is 0 Å². The number of carbonyl (C=O) groups excluding carboxylic acids is 1. The SMILES string of the molecule is CC1CCCC(OCC(=O)c2cccs2)C1. The molecular formula is C13H18O2S. The van der Waals surface area contributed by atoms with Crippen molar-refractivity contribution in [3.63, 3.8) is 0 Å². The fraction of sp³-hybridized carbons (Fsp3) is 0.615. The van der Waals surface area contributed by atoms with Crippen LogP contribution in [0, 0.1) is 5.92 Å². The average molecular weight is 238 g/mol. The Morgan fingerprint density at radius 3 is 3.12 bits per heavy atom. The standard InChI is InChI=1S/C13H18O2S/c1-10-4-2-5-11(8-10)15-9-12(14)13-6-3-7-16-13/h3,6-7,10-11H,2,4-5,8-9H2,1H3. The minimum Gasteiger partial charge on any atom is -0.370 e. The summed E-state index contributed by atoms with van der Waals surface area (Å²) >= 11 is 1.49. The Bertz CT molecular complexity index is 332. The van der Waals surface area contributed by atoms with Crippen LogP contribution in [0.5, 0.6) is 0 Å². The molecular weight excluding hydrogens is 220 g/mol. The molecule has 0 spiro atoms. The van der Waals surface area contributed by atoms with Crippen molar-refractivity contribution in [2.24, 2.45) is 5.92 Å². The molecule has 0 radical (unpaired) electrons. The number of thiophene rings is 1. The summed E-state index contributed by atoms with van der Waals surface area (Å²) in [5.41, 5.74) is 0. The van der Waals surface area contributed by atoms with Crippen molar-refractivity contribution in [2.75, 3.05) is 6.61 Å². The second-order valence-electron chi connectivity index (χ2n) is 4.61. The molecule has 0 N–H and O–H groups in total. The highest BCUT2D eigenvalue weighted by Crippen LogP contribution is 2.25. The molecule has 0 bridgehead atoms. The highest BCUT2D eigenvalue weighted by Gasteiger charge is 2.20. The van der Waals surface area contributed by atoms with E-state index >= 15 is 0 Å². The fourth-order valence-electron chi connectivity index (χ4n) is 2.23. The maximum atomic E-state index is 11.7. The third-order valence-electron chi connectivity index (χ3n) is 3.13. The Morgan fingerprint density at radius 2 is 2.44 bits per heavy atom. The van der Waals surface area contributed by atoms with Gasteiger partial charge in [0.1, 0.15) is 6.61 Å². The highest BCUT2D eigenvalue weighted by atomic mass is 32.1. The quantitative estimate of drug-likeness (QED) is 0.750. The Hall–Kier alpha value is -0.670. The minimum atomic E-state index is 0.119. The van der Waals surface area contributed by atoms with Gasteiger partial charge in [0.15, 0.2) is 5.78 Å². The summed E-state index contributed by atoms with van der Waals surface area (Å²) in [6.45, 7) is 2.51. The maximum Gasteiger partial charge on any atom is 0.198 e. The molecule has 2 rings (SSSR count). The molecule has 1 saturated carbocycles. The molecule has 16 heavy (non-hydrogen) atoms. The van der Waals surface area contributed by atoms with Crippen molar-refractivity contribution in [2.45, 2.75) is 38.7 Å². The van der Waals surface area contributed by atoms with Gasteiger partial charge in [-0.2, -0.15) is 0 Å². The zero-order valence-corrected chi connectivity index (χ0v) is 10.5. The lowest BCUT2D eigenvalue weighted by molar-refractivity contribution is 0.0184. The summed E-state index contributed by atoms with van der Waals surface area (Å²) < 4.78 is 5.70. The number of ketones is 1. The second-order valence-corrected chi connectivity index (χ2v) is 5.55. The van der Waals surface area contributed by atoms with Gasteiger partial charge in [0.2, 0.25) is 0 Å². The lowest BCUT2D eigenvalue weighted by atomic mass is 9.89. The first-order chi connectivity index (χ1) is 7.75. The van der Waals surface area contributed by atoms with Crippen LogP contribution >= 0.6 is 11.3 Å². The minimum absolute atomic E-state index is 0.119. The molecule has 1 aromatic heterocycles. The number of hydrogen-bond acceptors (Lipinski definition) is 3. The first kappa shape index (κ1) is 11.8. The third-order valence-corrected chi connectivity index (χ3v) is 4.05. The predicted octanol–water partition coefficient (Wildman–Crippen LogP) is 3.53. The molecule has 88 valence electrons. The van der Waals surface area contributed by atoms with Crippen LogP contribution in [0.25, 0.3) is 0 Å². The van der Waals surface area contributed by atoms with E-state index in [1.807, 2.05) is 17.5 Å². The van der Waals surface area contributed by atoms with Gasteiger partial charge in [0.25, 0.3) is 0 Å². The van der Waals surface area contributed by atoms with E-state index < -0.39 is 0 Å². The average Bonchev–Trinajstić information content (AvgIpc) is 2.79. The molecule has 2 atom stereocenters. The number of Topliss-reactive ketones (excluding diaryl/α,β-unsaturated/α-hetero) is 1. The normalized spacial score (nSPS) is 25.6. The topological polar surface area (TPSA) is 26.3 Å². The molecule has 1 aromatic rings. The lowest BCUT2D eigenvalue weighted by Gasteiger charge is -2.26. The van der Waals surface area contributed by atoms with Gasteiger partial charge >= 0.3 is 0 Å². The van der Waals surface area contributed by atoms with Crippen LogP contribution in [0.15, 0.2) is 17.5 Å². The zero-order chi connectivity index (χ0) is 11.4. The van der Waals surface area contributed by atoms with Crippen molar-refractivity contribution in [1.82, 2.24) is 0 Å². The van der Waals surface area contributed by atoms with Crippen molar-refractivity contribution < 1.29 is 9.53 Å². The molecule has 2 unspecified atom stereocenters. The Balaban J connectivity index is 1.77. The van der Waals surface area contributed by atoms with E-state index in [4.69, 9.17) is 4.74 Å². The van der Waals surface area contributed by atoms with E-state index in [0.29, 0.717) is 6.10 Å². The van der Waals surface area contributed by atoms with Crippen LogP contribution in [0.1, 0.15) is 42.3 Å². The highest BCUT2D eigenvalue weighted by molar-refractivity contribution is 7.12. The predicted molar refractivity (Wildman–Crippen MR) is 66.0 cm³/mol. The Labute approximate surface area is 101 Å². The van der Waals surface area contributed by atoms with E-state index in [9.17, 15) is 4.79 Å². The van der Waals surface area contributed by atoms with Crippen LogP contribution in [-0.2, 0) is 4.74 Å². The van der Waals surface area contributed by atoms with Gasteiger partial charge in [0.05, 0.1) is 11.0 Å². The van der Waals surface area contributed by atoms with Crippen LogP contribution in [-0.4, -0.2) is 18.5 Å². The fourth-order valence-corrected chi connectivity index (χ4v) is 2.88. The monoisotopic (exact) mass is 238 g/mol. The summed E-state index contributed by atoms with van der Waals surface area (Å²) in [5.74, 6) is 0.865. The summed E-state index contributed by atoms with van der Waals surface area (Å²) in [6, 6.07) is 3.76. The molecule has 1 fully saturated rings. The third kappa shape index (κ3) is 3.16. The molecule has 0 aliphatic heterocycles. The van der Waals surface area contributed by atoms with E-state index in [0.717, 1.165) is 23.6 Å². The largest absolute Gasteiger partial charge is 0.370 e. The Morgan fingerprint density at radius 1 is 1.56 bits per heavy atom. The van der Waals surface area contributed by atoms with Crippen molar-refractivity contribution in [1.29, 1.82) is 0 Å². The van der Waals surface area contributed by atoms with Gasteiger partial charge in [-0.15, -0.1) is 11.3 Å². The summed E-state index contributed by atoms with van der Waals surface area (Å²) in [6.07, 6.45) is 5.06.